The molecule has 2 rings (SSSR count). The summed E-state index contributed by atoms with van der Waals surface area (Å²) in [5.74, 6) is -0.346. The SMILES string of the molecule is CCN(CCC(=O)NCc1ccccc1Cl)CC(=O)Nc1c(Cl)cccc1Cl. The van der Waals surface area contributed by atoms with Gasteiger partial charge in [-0.25, -0.2) is 0 Å². The summed E-state index contributed by atoms with van der Waals surface area (Å²) in [7, 11) is 0. The number of nitrogens with one attached hydrogen (secondary N) is 2. The van der Waals surface area contributed by atoms with Gasteiger partial charge in [-0.2, -0.15) is 0 Å². The van der Waals surface area contributed by atoms with Gasteiger partial charge in [0.25, 0.3) is 0 Å². The molecular weight excluding hydrogens is 421 g/mol. The molecule has 0 aliphatic rings. The molecule has 2 N–H and O–H groups in total. The minimum atomic E-state index is -0.242. The van der Waals surface area contributed by atoms with Gasteiger partial charge in [-0.15, -0.1) is 0 Å². The number of benzene rings is 2. The zero-order chi connectivity index (χ0) is 20.5. The molecule has 150 valence electrons. The fourth-order valence-corrected chi connectivity index (χ4v) is 3.23. The smallest absolute Gasteiger partial charge is 0.238 e. The second-order valence-corrected chi connectivity index (χ2v) is 7.35. The molecule has 8 heteroatoms. The highest BCUT2D eigenvalue weighted by Gasteiger charge is 2.14. The predicted molar refractivity (Wildman–Crippen MR) is 115 cm³/mol. The van der Waals surface area contributed by atoms with Crippen molar-refractivity contribution in [1.29, 1.82) is 0 Å². The van der Waals surface area contributed by atoms with Crippen molar-refractivity contribution in [2.75, 3.05) is 25.0 Å². The highest BCUT2D eigenvalue weighted by Crippen LogP contribution is 2.29. The third-order valence-electron chi connectivity index (χ3n) is 4.13. The first-order valence-corrected chi connectivity index (χ1v) is 10.0. The van der Waals surface area contributed by atoms with Crippen LogP contribution in [0.5, 0.6) is 0 Å². The highest BCUT2D eigenvalue weighted by atomic mass is 35.5. The maximum absolute atomic E-state index is 12.3. The van der Waals surface area contributed by atoms with E-state index in [1.165, 1.54) is 0 Å². The lowest BCUT2D eigenvalue weighted by Crippen LogP contribution is -2.36. The third-order valence-corrected chi connectivity index (χ3v) is 5.13. The number of nitrogens with zero attached hydrogens (tertiary/aromatic N) is 1. The molecule has 0 atom stereocenters. The van der Waals surface area contributed by atoms with Crippen molar-refractivity contribution in [2.24, 2.45) is 0 Å². The van der Waals surface area contributed by atoms with Crippen LogP contribution in [0.4, 0.5) is 5.69 Å². The Hall–Kier alpha value is -1.79. The quantitative estimate of drug-likeness (QED) is 0.596. The number of carbonyl (C=O) groups excluding carboxylic acids is 2. The van der Waals surface area contributed by atoms with Gasteiger partial charge in [0.2, 0.25) is 11.8 Å². The molecule has 2 amide bonds. The fraction of sp³-hybridized carbons (Fsp3) is 0.300. The van der Waals surface area contributed by atoms with E-state index in [4.69, 9.17) is 34.8 Å². The van der Waals surface area contributed by atoms with Crippen LogP contribution in [0.25, 0.3) is 0 Å². The first-order valence-electron chi connectivity index (χ1n) is 8.87. The predicted octanol–water partition coefficient (Wildman–Crippen LogP) is 4.61. The maximum atomic E-state index is 12.3. The molecule has 0 saturated heterocycles. The molecule has 0 saturated carbocycles. The number of carbonyl (C=O) groups is 2. The lowest BCUT2D eigenvalue weighted by atomic mass is 10.2. The Morgan fingerprint density at radius 2 is 1.57 bits per heavy atom. The largest absolute Gasteiger partial charge is 0.352 e. The third kappa shape index (κ3) is 6.99. The summed E-state index contributed by atoms with van der Waals surface area (Å²) in [6.45, 7) is 3.51. The van der Waals surface area contributed by atoms with Crippen LogP contribution in [0.15, 0.2) is 42.5 Å². The minimum Gasteiger partial charge on any atom is -0.352 e. The molecule has 5 nitrogen and oxygen atoms in total. The molecule has 2 aromatic carbocycles. The molecule has 0 aliphatic carbocycles. The number of likely N-dealkylation sites (N-methyl/N-ethyl adjacent to an activating group) is 1. The highest BCUT2D eigenvalue weighted by molar-refractivity contribution is 6.39. The van der Waals surface area contributed by atoms with Crippen LogP contribution in [0.1, 0.15) is 18.9 Å². The van der Waals surface area contributed by atoms with E-state index in [9.17, 15) is 9.59 Å². The Balaban J connectivity index is 1.79. The Labute approximate surface area is 180 Å². The van der Waals surface area contributed by atoms with Gasteiger partial charge >= 0.3 is 0 Å². The van der Waals surface area contributed by atoms with Gasteiger partial charge < -0.3 is 10.6 Å². The van der Waals surface area contributed by atoms with Crippen LogP contribution >= 0.6 is 34.8 Å². The number of hydrogen-bond acceptors (Lipinski definition) is 3. The molecule has 0 unspecified atom stereocenters. The summed E-state index contributed by atoms with van der Waals surface area (Å²) in [5, 5.41) is 6.94. The van der Waals surface area contributed by atoms with Crippen molar-refractivity contribution in [1.82, 2.24) is 10.2 Å². The molecule has 0 bridgehead atoms. The van der Waals surface area contributed by atoms with Gasteiger partial charge in [0, 0.05) is 24.5 Å². The molecule has 0 aromatic heterocycles. The van der Waals surface area contributed by atoms with Gasteiger partial charge in [0.1, 0.15) is 0 Å². The summed E-state index contributed by atoms with van der Waals surface area (Å²) in [5.41, 5.74) is 1.25. The number of halogens is 3. The van der Waals surface area contributed by atoms with E-state index >= 15 is 0 Å². The fourth-order valence-electron chi connectivity index (χ4n) is 2.53. The molecule has 0 aliphatic heterocycles. The van der Waals surface area contributed by atoms with Gasteiger partial charge in [-0.3, -0.25) is 14.5 Å². The van der Waals surface area contributed by atoms with Gasteiger partial charge in [0.15, 0.2) is 0 Å². The molecule has 0 heterocycles. The molecule has 2 aromatic rings. The van der Waals surface area contributed by atoms with E-state index in [0.29, 0.717) is 40.4 Å². The number of hydrogen-bond donors (Lipinski definition) is 2. The summed E-state index contributed by atoms with van der Waals surface area (Å²) in [6, 6.07) is 12.4. The van der Waals surface area contributed by atoms with Crippen LogP contribution in [-0.2, 0) is 16.1 Å². The number of amides is 2. The van der Waals surface area contributed by atoms with E-state index in [2.05, 4.69) is 10.6 Å². The van der Waals surface area contributed by atoms with Gasteiger partial charge in [-0.1, -0.05) is 66.0 Å². The van der Waals surface area contributed by atoms with E-state index in [0.717, 1.165) is 5.56 Å². The number of rotatable bonds is 9. The van der Waals surface area contributed by atoms with Crippen molar-refractivity contribution >= 4 is 52.3 Å². The van der Waals surface area contributed by atoms with Gasteiger partial charge in [-0.05, 0) is 30.3 Å². The molecule has 28 heavy (non-hydrogen) atoms. The number of anilines is 1. The van der Waals surface area contributed by atoms with Crippen molar-refractivity contribution < 1.29 is 9.59 Å². The van der Waals surface area contributed by atoms with Crippen molar-refractivity contribution in [2.45, 2.75) is 19.9 Å². The zero-order valence-corrected chi connectivity index (χ0v) is 17.7. The maximum Gasteiger partial charge on any atom is 0.238 e. The van der Waals surface area contributed by atoms with Crippen LogP contribution < -0.4 is 10.6 Å². The first kappa shape index (κ1) is 22.5. The minimum absolute atomic E-state index is 0.104. The van der Waals surface area contributed by atoms with E-state index in [1.54, 1.807) is 24.3 Å². The summed E-state index contributed by atoms with van der Waals surface area (Å²) in [4.78, 5) is 26.3. The van der Waals surface area contributed by atoms with Crippen LogP contribution in [0.2, 0.25) is 15.1 Å². The second kappa shape index (κ2) is 11.3. The molecule has 0 radical (unpaired) electrons. The monoisotopic (exact) mass is 441 g/mol. The normalized spacial score (nSPS) is 10.8. The van der Waals surface area contributed by atoms with E-state index < -0.39 is 0 Å². The molecular formula is C20H22Cl3N3O2. The van der Waals surface area contributed by atoms with Gasteiger partial charge in [0.05, 0.1) is 22.3 Å². The van der Waals surface area contributed by atoms with Crippen molar-refractivity contribution in [3.63, 3.8) is 0 Å². The second-order valence-electron chi connectivity index (χ2n) is 6.13. The van der Waals surface area contributed by atoms with Crippen molar-refractivity contribution in [3.8, 4) is 0 Å². The zero-order valence-electron chi connectivity index (χ0n) is 15.5. The number of para-hydroxylation sites is 1. The Morgan fingerprint density at radius 3 is 2.21 bits per heavy atom. The average Bonchev–Trinajstić information content (AvgIpc) is 2.67. The van der Waals surface area contributed by atoms with Crippen LogP contribution in [0, 0.1) is 0 Å². The molecule has 0 fully saturated rings. The summed E-state index contributed by atoms with van der Waals surface area (Å²) in [6.07, 6.45) is 0.276. The lowest BCUT2D eigenvalue weighted by molar-refractivity contribution is -0.122. The van der Waals surface area contributed by atoms with Crippen LogP contribution in [-0.4, -0.2) is 36.3 Å². The van der Waals surface area contributed by atoms with Crippen molar-refractivity contribution in [3.05, 3.63) is 63.1 Å². The summed E-state index contributed by atoms with van der Waals surface area (Å²) >= 11 is 18.2. The van der Waals surface area contributed by atoms with E-state index in [1.807, 2.05) is 30.0 Å². The Morgan fingerprint density at radius 1 is 0.929 bits per heavy atom. The molecule has 0 spiro atoms. The average molecular weight is 443 g/mol. The lowest BCUT2D eigenvalue weighted by Gasteiger charge is -2.20. The Bertz CT molecular complexity index is 810. The summed E-state index contributed by atoms with van der Waals surface area (Å²) < 4.78 is 0. The first-order chi connectivity index (χ1) is 13.4. The van der Waals surface area contributed by atoms with E-state index in [-0.39, 0.29) is 24.8 Å². The standard InChI is InChI=1S/C20H22Cl3N3O2/c1-2-26(13-19(28)25-20-16(22)8-5-9-17(20)23)11-10-18(27)24-12-14-6-3-4-7-15(14)21/h3-9H,2,10-13H2,1H3,(H,24,27)(H,25,28). The Kier molecular flexibility index (Phi) is 9.06. The van der Waals surface area contributed by atoms with Crippen LogP contribution in [0.3, 0.4) is 0 Å². The topological polar surface area (TPSA) is 61.4 Å².